The van der Waals surface area contributed by atoms with Gasteiger partial charge in [0.25, 0.3) is 5.91 Å². The summed E-state index contributed by atoms with van der Waals surface area (Å²) in [6.07, 6.45) is 0.903. The van der Waals surface area contributed by atoms with Crippen LogP contribution in [-0.2, 0) is 20.7 Å². The van der Waals surface area contributed by atoms with Crippen molar-refractivity contribution in [2.24, 2.45) is 0 Å². The molecule has 3 aromatic rings. The molecule has 0 bridgehead atoms. The molecule has 0 atom stereocenters. The van der Waals surface area contributed by atoms with Crippen LogP contribution in [0.2, 0.25) is 0 Å². The average molecular weight is 365 g/mol. The summed E-state index contributed by atoms with van der Waals surface area (Å²) in [4.78, 5) is 23.6. The molecule has 1 amide bonds. The molecule has 4 nitrogen and oxygen atoms in total. The molecular formula is C21H19NO3S. The van der Waals surface area contributed by atoms with Crippen molar-refractivity contribution in [1.82, 2.24) is 0 Å². The van der Waals surface area contributed by atoms with Crippen molar-refractivity contribution in [3.8, 4) is 11.1 Å². The predicted molar refractivity (Wildman–Crippen MR) is 104 cm³/mol. The summed E-state index contributed by atoms with van der Waals surface area (Å²) < 4.78 is 5.02. The minimum atomic E-state index is -0.370. The first-order valence-corrected chi connectivity index (χ1v) is 9.27. The number of benzene rings is 2. The molecule has 0 unspecified atom stereocenters. The Labute approximate surface area is 156 Å². The number of esters is 1. The van der Waals surface area contributed by atoms with E-state index in [0.717, 1.165) is 16.7 Å². The van der Waals surface area contributed by atoms with Gasteiger partial charge in [0.2, 0.25) is 0 Å². The zero-order chi connectivity index (χ0) is 18.2. The number of ether oxygens (including phenoxy) is 1. The molecule has 132 valence electrons. The summed E-state index contributed by atoms with van der Waals surface area (Å²) in [7, 11) is 0. The Bertz CT molecular complexity index is 843. The van der Waals surface area contributed by atoms with Gasteiger partial charge < -0.3 is 10.1 Å². The number of hydrogen-bond donors (Lipinski definition) is 1. The van der Waals surface area contributed by atoms with Crippen molar-refractivity contribution in [1.29, 1.82) is 0 Å². The van der Waals surface area contributed by atoms with E-state index in [0.29, 0.717) is 12.1 Å². The molecule has 26 heavy (non-hydrogen) atoms. The number of rotatable bonds is 7. The van der Waals surface area contributed by atoms with E-state index in [1.165, 1.54) is 0 Å². The quantitative estimate of drug-likeness (QED) is 0.626. The van der Waals surface area contributed by atoms with Crippen molar-refractivity contribution >= 4 is 28.9 Å². The second-order valence-corrected chi connectivity index (χ2v) is 6.56. The summed E-state index contributed by atoms with van der Waals surface area (Å²) in [6.45, 7) is -0.275. The molecule has 1 aromatic heterocycles. The SMILES string of the molecule is O=C(COC(=O)CCc1ccsc1)Nc1ccc(-c2ccccc2)cc1. The second kappa shape index (κ2) is 8.97. The number of carbonyl (C=O) groups excluding carboxylic acids is 2. The van der Waals surface area contributed by atoms with Crippen LogP contribution in [0.3, 0.4) is 0 Å². The van der Waals surface area contributed by atoms with Crippen LogP contribution in [0, 0.1) is 0 Å². The smallest absolute Gasteiger partial charge is 0.306 e. The number of hydrogen-bond acceptors (Lipinski definition) is 4. The van der Waals surface area contributed by atoms with E-state index in [9.17, 15) is 9.59 Å². The largest absolute Gasteiger partial charge is 0.456 e. The number of anilines is 1. The molecule has 0 fully saturated rings. The maximum atomic E-state index is 11.9. The van der Waals surface area contributed by atoms with Gasteiger partial charge in [-0.2, -0.15) is 11.3 Å². The standard InChI is InChI=1S/C21H19NO3S/c23-20(14-25-21(24)11-6-16-12-13-26-15-16)22-19-9-7-18(8-10-19)17-4-2-1-3-5-17/h1-5,7-10,12-13,15H,6,11,14H2,(H,22,23). The highest BCUT2D eigenvalue weighted by atomic mass is 32.1. The lowest BCUT2D eigenvalue weighted by Gasteiger charge is -2.08. The third-order valence-corrected chi connectivity index (χ3v) is 4.57. The van der Waals surface area contributed by atoms with Gasteiger partial charge in [-0.05, 0) is 52.1 Å². The monoisotopic (exact) mass is 365 g/mol. The molecular weight excluding hydrogens is 346 g/mol. The first-order valence-electron chi connectivity index (χ1n) is 8.33. The summed E-state index contributed by atoms with van der Waals surface area (Å²) in [5, 5.41) is 6.70. The van der Waals surface area contributed by atoms with Gasteiger partial charge in [-0.1, -0.05) is 42.5 Å². The third-order valence-electron chi connectivity index (χ3n) is 3.84. The van der Waals surface area contributed by atoms with E-state index in [1.54, 1.807) is 11.3 Å². The van der Waals surface area contributed by atoms with Gasteiger partial charge in [-0.3, -0.25) is 9.59 Å². The van der Waals surface area contributed by atoms with Crippen LogP contribution in [0.25, 0.3) is 11.1 Å². The fourth-order valence-electron chi connectivity index (χ4n) is 2.47. The van der Waals surface area contributed by atoms with Crippen molar-refractivity contribution in [3.05, 3.63) is 77.0 Å². The molecule has 0 aliphatic heterocycles. The van der Waals surface area contributed by atoms with Crippen molar-refractivity contribution < 1.29 is 14.3 Å². The van der Waals surface area contributed by atoms with Crippen molar-refractivity contribution in [2.75, 3.05) is 11.9 Å². The molecule has 5 heteroatoms. The number of amides is 1. The molecule has 0 aliphatic rings. The van der Waals surface area contributed by atoms with Crippen molar-refractivity contribution in [2.45, 2.75) is 12.8 Å². The maximum absolute atomic E-state index is 11.9. The third kappa shape index (κ3) is 5.29. The van der Waals surface area contributed by atoms with Crippen LogP contribution in [0.1, 0.15) is 12.0 Å². The topological polar surface area (TPSA) is 55.4 Å². The van der Waals surface area contributed by atoms with E-state index >= 15 is 0 Å². The van der Waals surface area contributed by atoms with Crippen molar-refractivity contribution in [3.63, 3.8) is 0 Å². The van der Waals surface area contributed by atoms with E-state index < -0.39 is 0 Å². The van der Waals surface area contributed by atoms with E-state index in [-0.39, 0.29) is 24.9 Å². The summed E-state index contributed by atoms with van der Waals surface area (Å²) in [6, 6.07) is 19.5. The molecule has 0 saturated heterocycles. The van der Waals surface area contributed by atoms with Crippen LogP contribution >= 0.6 is 11.3 Å². The highest BCUT2D eigenvalue weighted by molar-refractivity contribution is 7.07. The Balaban J connectivity index is 1.43. The molecule has 1 heterocycles. The molecule has 0 aliphatic carbocycles. The molecule has 0 radical (unpaired) electrons. The Morgan fingerprint density at radius 3 is 2.35 bits per heavy atom. The van der Waals surface area contributed by atoms with Gasteiger partial charge >= 0.3 is 5.97 Å². The molecule has 0 spiro atoms. The number of aryl methyl sites for hydroxylation is 1. The van der Waals surface area contributed by atoms with Crippen LogP contribution < -0.4 is 5.32 Å². The van der Waals surface area contributed by atoms with Crippen LogP contribution in [-0.4, -0.2) is 18.5 Å². The Kier molecular flexibility index (Phi) is 6.17. The van der Waals surface area contributed by atoms with Gasteiger partial charge in [0.05, 0.1) is 0 Å². The average Bonchev–Trinajstić information content (AvgIpc) is 3.20. The molecule has 3 rings (SSSR count). The van der Waals surface area contributed by atoms with Gasteiger partial charge in [-0.25, -0.2) is 0 Å². The Morgan fingerprint density at radius 1 is 0.923 bits per heavy atom. The number of carbonyl (C=O) groups is 2. The minimum absolute atomic E-state index is 0.274. The molecule has 0 saturated carbocycles. The van der Waals surface area contributed by atoms with E-state index in [2.05, 4.69) is 5.32 Å². The number of nitrogens with one attached hydrogen (secondary N) is 1. The summed E-state index contributed by atoms with van der Waals surface area (Å²) in [5.41, 5.74) is 3.97. The van der Waals surface area contributed by atoms with Crippen LogP contribution in [0.15, 0.2) is 71.4 Å². The first-order chi connectivity index (χ1) is 12.7. The lowest BCUT2D eigenvalue weighted by molar-refractivity contribution is -0.147. The first kappa shape index (κ1) is 17.9. The van der Waals surface area contributed by atoms with Gasteiger partial charge in [-0.15, -0.1) is 0 Å². The zero-order valence-electron chi connectivity index (χ0n) is 14.2. The highest BCUT2D eigenvalue weighted by Crippen LogP contribution is 2.20. The van der Waals surface area contributed by atoms with Gasteiger partial charge in [0.15, 0.2) is 6.61 Å². The summed E-state index contributed by atoms with van der Waals surface area (Å²) >= 11 is 1.59. The van der Waals surface area contributed by atoms with E-state index in [1.807, 2.05) is 71.4 Å². The van der Waals surface area contributed by atoms with Crippen LogP contribution in [0.5, 0.6) is 0 Å². The highest BCUT2D eigenvalue weighted by Gasteiger charge is 2.08. The summed E-state index contributed by atoms with van der Waals surface area (Å²) in [5.74, 6) is -0.716. The van der Waals surface area contributed by atoms with Gasteiger partial charge in [0.1, 0.15) is 0 Å². The Morgan fingerprint density at radius 2 is 1.65 bits per heavy atom. The predicted octanol–water partition coefficient (Wildman–Crippen LogP) is 4.53. The van der Waals surface area contributed by atoms with Crippen LogP contribution in [0.4, 0.5) is 5.69 Å². The molecule has 1 N–H and O–H groups in total. The maximum Gasteiger partial charge on any atom is 0.306 e. The lowest BCUT2D eigenvalue weighted by atomic mass is 10.1. The zero-order valence-corrected chi connectivity index (χ0v) is 15.0. The Hall–Kier alpha value is -2.92. The number of thiophene rings is 1. The lowest BCUT2D eigenvalue weighted by Crippen LogP contribution is -2.21. The van der Waals surface area contributed by atoms with E-state index in [4.69, 9.17) is 4.74 Å². The molecule has 2 aromatic carbocycles. The normalized spacial score (nSPS) is 10.3. The van der Waals surface area contributed by atoms with Gasteiger partial charge in [0, 0.05) is 12.1 Å². The minimum Gasteiger partial charge on any atom is -0.456 e. The fraction of sp³-hybridized carbons (Fsp3) is 0.143. The fourth-order valence-corrected chi connectivity index (χ4v) is 3.18. The second-order valence-electron chi connectivity index (χ2n) is 5.78.